The third-order valence-corrected chi connectivity index (χ3v) is 4.49. The predicted molar refractivity (Wildman–Crippen MR) is 91.7 cm³/mol. The van der Waals surface area contributed by atoms with Crippen molar-refractivity contribution in [3.63, 3.8) is 0 Å². The number of anilines is 1. The van der Waals surface area contributed by atoms with Gasteiger partial charge in [0.2, 0.25) is 5.91 Å². The smallest absolute Gasteiger partial charge is 0.231 e. The zero-order valence-electron chi connectivity index (χ0n) is 12.8. The number of rotatable bonds is 3. The van der Waals surface area contributed by atoms with Gasteiger partial charge in [-0.05, 0) is 54.2 Å². The van der Waals surface area contributed by atoms with Gasteiger partial charge in [-0.1, -0.05) is 42.8 Å². The van der Waals surface area contributed by atoms with E-state index in [1.807, 2.05) is 29.2 Å². The molecule has 0 aliphatic carbocycles. The maximum Gasteiger partial charge on any atom is 0.231 e. The topological polar surface area (TPSA) is 20.3 Å². The molecule has 0 bridgehead atoms. The zero-order chi connectivity index (χ0) is 15.5. The van der Waals surface area contributed by atoms with Gasteiger partial charge in [0, 0.05) is 17.3 Å². The van der Waals surface area contributed by atoms with Gasteiger partial charge < -0.3 is 4.90 Å². The molecule has 2 nitrogen and oxygen atoms in total. The van der Waals surface area contributed by atoms with Gasteiger partial charge in [0.1, 0.15) is 0 Å². The molecule has 0 atom stereocenters. The fourth-order valence-corrected chi connectivity index (χ4v) is 3.13. The van der Waals surface area contributed by atoms with Crippen molar-refractivity contribution in [2.24, 2.45) is 0 Å². The van der Waals surface area contributed by atoms with E-state index in [1.54, 1.807) is 0 Å². The molecule has 0 N–H and O–H groups in total. The summed E-state index contributed by atoms with van der Waals surface area (Å²) in [4.78, 5) is 14.6. The van der Waals surface area contributed by atoms with Crippen molar-refractivity contribution < 1.29 is 4.79 Å². The first-order valence-corrected chi connectivity index (χ1v) is 8.22. The quantitative estimate of drug-likeness (QED) is 0.821. The number of halogens is 1. The second-order valence-corrected chi connectivity index (χ2v) is 6.21. The highest BCUT2D eigenvalue weighted by Gasteiger charge is 2.22. The van der Waals surface area contributed by atoms with Crippen molar-refractivity contribution in [2.75, 3.05) is 11.4 Å². The second-order valence-electron chi connectivity index (χ2n) is 5.77. The summed E-state index contributed by atoms with van der Waals surface area (Å²) in [5.74, 6) is 0.160. The van der Waals surface area contributed by atoms with Crippen molar-refractivity contribution in [3.8, 4) is 0 Å². The van der Waals surface area contributed by atoms with E-state index in [1.165, 1.54) is 11.1 Å². The van der Waals surface area contributed by atoms with Gasteiger partial charge in [0.05, 0.1) is 6.42 Å². The standard InChI is InChI=1S/C19H20ClNO/c1-2-14-7-10-18-16(12-14)4-3-11-21(18)19(22)13-15-5-8-17(20)9-6-15/h5-10,12H,2-4,11,13H2,1H3. The Balaban J connectivity index is 1.81. The molecule has 1 amide bonds. The van der Waals surface area contributed by atoms with Crippen LogP contribution < -0.4 is 4.90 Å². The Bertz CT molecular complexity index is 678. The van der Waals surface area contributed by atoms with Crippen LogP contribution in [0.4, 0.5) is 5.69 Å². The normalized spacial score (nSPS) is 13.8. The summed E-state index contributed by atoms with van der Waals surface area (Å²) in [5.41, 5.74) is 4.73. The van der Waals surface area contributed by atoms with Crippen LogP contribution in [0.15, 0.2) is 42.5 Å². The first-order valence-electron chi connectivity index (χ1n) is 7.84. The molecule has 3 rings (SSSR count). The van der Waals surface area contributed by atoms with Crippen LogP contribution in [0.5, 0.6) is 0 Å². The summed E-state index contributed by atoms with van der Waals surface area (Å²) >= 11 is 5.90. The van der Waals surface area contributed by atoms with Crippen LogP contribution in [0.25, 0.3) is 0 Å². The molecule has 0 spiro atoms. The van der Waals surface area contributed by atoms with Gasteiger partial charge in [-0.15, -0.1) is 0 Å². The number of hydrogen-bond acceptors (Lipinski definition) is 1. The van der Waals surface area contributed by atoms with E-state index in [0.29, 0.717) is 11.4 Å². The highest BCUT2D eigenvalue weighted by molar-refractivity contribution is 6.30. The largest absolute Gasteiger partial charge is 0.312 e. The predicted octanol–water partition coefficient (Wildman–Crippen LogP) is 4.42. The lowest BCUT2D eigenvalue weighted by atomic mass is 9.97. The van der Waals surface area contributed by atoms with Crippen molar-refractivity contribution in [2.45, 2.75) is 32.6 Å². The molecule has 0 saturated heterocycles. The minimum Gasteiger partial charge on any atom is -0.312 e. The fraction of sp³-hybridized carbons (Fsp3) is 0.316. The molecule has 2 aromatic rings. The Morgan fingerprint density at radius 3 is 2.59 bits per heavy atom. The summed E-state index contributed by atoms with van der Waals surface area (Å²) in [7, 11) is 0. The van der Waals surface area contributed by atoms with Crippen LogP contribution in [0.1, 0.15) is 30.0 Å². The average Bonchev–Trinajstić information content (AvgIpc) is 2.55. The van der Waals surface area contributed by atoms with Crippen molar-refractivity contribution >= 4 is 23.2 Å². The number of benzene rings is 2. The first-order chi connectivity index (χ1) is 10.7. The lowest BCUT2D eigenvalue weighted by Gasteiger charge is -2.30. The van der Waals surface area contributed by atoms with Gasteiger partial charge >= 0.3 is 0 Å². The highest BCUT2D eigenvalue weighted by atomic mass is 35.5. The summed E-state index contributed by atoms with van der Waals surface area (Å²) in [5, 5.41) is 0.701. The van der Waals surface area contributed by atoms with Crippen LogP contribution in [0.2, 0.25) is 5.02 Å². The molecule has 0 radical (unpaired) electrons. The van der Waals surface area contributed by atoms with E-state index in [9.17, 15) is 4.79 Å². The lowest BCUT2D eigenvalue weighted by Crippen LogP contribution is -2.36. The molecule has 2 aromatic carbocycles. The van der Waals surface area contributed by atoms with E-state index in [4.69, 9.17) is 11.6 Å². The summed E-state index contributed by atoms with van der Waals surface area (Å²) in [6.07, 6.45) is 3.55. The molecule has 0 unspecified atom stereocenters. The minimum atomic E-state index is 0.160. The zero-order valence-corrected chi connectivity index (χ0v) is 13.6. The SMILES string of the molecule is CCc1ccc2c(c1)CCCN2C(=O)Cc1ccc(Cl)cc1. The van der Waals surface area contributed by atoms with E-state index < -0.39 is 0 Å². The number of carbonyl (C=O) groups excluding carboxylic acids is 1. The van der Waals surface area contributed by atoms with Crippen molar-refractivity contribution in [1.29, 1.82) is 0 Å². The Morgan fingerprint density at radius 2 is 1.86 bits per heavy atom. The monoisotopic (exact) mass is 313 g/mol. The maximum atomic E-state index is 12.7. The third kappa shape index (κ3) is 3.17. The number of nitrogens with zero attached hydrogens (tertiary/aromatic N) is 1. The van der Waals surface area contributed by atoms with E-state index in [-0.39, 0.29) is 5.91 Å². The molecule has 1 aliphatic heterocycles. The number of amides is 1. The summed E-state index contributed by atoms with van der Waals surface area (Å²) in [6, 6.07) is 14.0. The minimum absolute atomic E-state index is 0.160. The van der Waals surface area contributed by atoms with Crippen LogP contribution in [-0.4, -0.2) is 12.5 Å². The van der Waals surface area contributed by atoms with Crippen LogP contribution in [-0.2, 0) is 24.1 Å². The first kappa shape index (κ1) is 15.1. The summed E-state index contributed by atoms with van der Waals surface area (Å²) in [6.45, 7) is 2.97. The van der Waals surface area contributed by atoms with E-state index >= 15 is 0 Å². The fourth-order valence-electron chi connectivity index (χ4n) is 3.00. The molecular weight excluding hydrogens is 294 g/mol. The molecule has 1 heterocycles. The van der Waals surface area contributed by atoms with Crippen LogP contribution in [0, 0.1) is 0 Å². The number of fused-ring (bicyclic) bond motifs is 1. The Kier molecular flexibility index (Phi) is 4.49. The van der Waals surface area contributed by atoms with Gasteiger partial charge in [-0.2, -0.15) is 0 Å². The Morgan fingerprint density at radius 1 is 1.14 bits per heavy atom. The van der Waals surface area contributed by atoms with Crippen molar-refractivity contribution in [1.82, 2.24) is 0 Å². The van der Waals surface area contributed by atoms with E-state index in [0.717, 1.165) is 37.1 Å². The summed E-state index contributed by atoms with van der Waals surface area (Å²) < 4.78 is 0. The average molecular weight is 314 g/mol. The van der Waals surface area contributed by atoms with Gasteiger partial charge in [0.25, 0.3) is 0 Å². The molecule has 22 heavy (non-hydrogen) atoms. The van der Waals surface area contributed by atoms with E-state index in [2.05, 4.69) is 25.1 Å². The Hall–Kier alpha value is -1.80. The Labute approximate surface area is 136 Å². The highest BCUT2D eigenvalue weighted by Crippen LogP contribution is 2.29. The maximum absolute atomic E-state index is 12.7. The van der Waals surface area contributed by atoms with Crippen molar-refractivity contribution in [3.05, 3.63) is 64.2 Å². The van der Waals surface area contributed by atoms with Gasteiger partial charge in [-0.25, -0.2) is 0 Å². The molecule has 0 fully saturated rings. The number of aryl methyl sites for hydroxylation is 2. The molecule has 114 valence electrons. The molecule has 0 saturated carbocycles. The molecular formula is C19H20ClNO. The molecule has 0 aromatic heterocycles. The molecule has 1 aliphatic rings. The number of hydrogen-bond donors (Lipinski definition) is 0. The third-order valence-electron chi connectivity index (χ3n) is 4.24. The van der Waals surface area contributed by atoms with Gasteiger partial charge in [0.15, 0.2) is 0 Å². The second kappa shape index (κ2) is 6.53. The van der Waals surface area contributed by atoms with Crippen LogP contribution in [0.3, 0.4) is 0 Å². The van der Waals surface area contributed by atoms with Crippen LogP contribution >= 0.6 is 11.6 Å². The molecule has 3 heteroatoms. The lowest BCUT2D eigenvalue weighted by molar-refractivity contribution is -0.118. The van der Waals surface area contributed by atoms with Gasteiger partial charge in [-0.3, -0.25) is 4.79 Å². The number of carbonyl (C=O) groups is 1.